The second-order valence-corrected chi connectivity index (χ2v) is 3.31. The summed E-state index contributed by atoms with van der Waals surface area (Å²) in [5, 5.41) is 2.72. The van der Waals surface area contributed by atoms with Crippen molar-refractivity contribution in [1.82, 2.24) is 0 Å². The van der Waals surface area contributed by atoms with Crippen LogP contribution in [0.1, 0.15) is 0 Å². The minimum atomic E-state index is -0.789. The molecule has 1 amide bonds. The van der Waals surface area contributed by atoms with E-state index in [0.717, 1.165) is 0 Å². The van der Waals surface area contributed by atoms with Crippen LogP contribution in [-0.2, 0) is 9.59 Å². The molecule has 0 aromatic heterocycles. The summed E-state index contributed by atoms with van der Waals surface area (Å²) in [6.45, 7) is -0.339. The highest BCUT2D eigenvalue weighted by molar-refractivity contribution is 6.41. The summed E-state index contributed by atoms with van der Waals surface area (Å²) in [7, 11) is 1.42. The Labute approximate surface area is 97.5 Å². The van der Waals surface area contributed by atoms with E-state index in [0.29, 0.717) is 16.5 Å². The highest BCUT2D eigenvalue weighted by atomic mass is 35.5. The number of anilines is 1. The number of carbonyl (C=O) groups excluding carboxylic acids is 2. The Morgan fingerprint density at radius 1 is 1.50 bits per heavy atom. The van der Waals surface area contributed by atoms with Crippen LogP contribution in [0.25, 0.3) is 0 Å². The maximum absolute atomic E-state index is 11.3. The van der Waals surface area contributed by atoms with Crippen LogP contribution in [0.3, 0.4) is 0 Å². The van der Waals surface area contributed by atoms with E-state index in [1.807, 2.05) is 0 Å². The molecule has 16 heavy (non-hydrogen) atoms. The Morgan fingerprint density at radius 2 is 2.19 bits per heavy atom. The number of nitrogens with one attached hydrogen (secondary N) is 1. The van der Waals surface area contributed by atoms with E-state index in [-0.39, 0.29) is 6.54 Å². The Bertz CT molecular complexity index is 421. The number of benzene rings is 1. The number of halogens is 1. The molecule has 0 atom stereocenters. The Balaban J connectivity index is 2.93. The summed E-state index contributed by atoms with van der Waals surface area (Å²) in [5.41, 5.74) is 5.39. The van der Waals surface area contributed by atoms with Gasteiger partial charge in [0, 0.05) is 0 Å². The van der Waals surface area contributed by atoms with Crippen LogP contribution >= 0.6 is 11.6 Å². The van der Waals surface area contributed by atoms with Gasteiger partial charge in [0.1, 0.15) is 0 Å². The maximum atomic E-state index is 11.3. The third-order valence-electron chi connectivity index (χ3n) is 1.86. The first kappa shape index (κ1) is 12.5. The summed E-state index contributed by atoms with van der Waals surface area (Å²) in [5.74, 6) is -1.19. The van der Waals surface area contributed by atoms with Crippen LogP contribution in [0.5, 0.6) is 5.75 Å². The summed E-state index contributed by atoms with van der Waals surface area (Å²) in [6.07, 6.45) is 0. The van der Waals surface area contributed by atoms with E-state index in [1.165, 1.54) is 7.11 Å². The SMILES string of the molecule is COc1c(Cl)cccc1NC(=O)C(=O)CN. The molecule has 0 saturated carbocycles. The maximum Gasteiger partial charge on any atom is 0.293 e. The zero-order valence-electron chi connectivity index (χ0n) is 8.62. The molecular formula is C10H11ClN2O3. The molecule has 3 N–H and O–H groups in total. The molecule has 0 unspecified atom stereocenters. The number of amides is 1. The molecule has 1 aromatic rings. The molecule has 86 valence electrons. The number of ether oxygens (including phenoxy) is 1. The van der Waals surface area contributed by atoms with Gasteiger partial charge in [-0.2, -0.15) is 0 Å². The predicted molar refractivity (Wildman–Crippen MR) is 60.7 cm³/mol. The van der Waals surface area contributed by atoms with E-state index < -0.39 is 11.7 Å². The molecule has 0 fully saturated rings. The van der Waals surface area contributed by atoms with Crippen LogP contribution in [-0.4, -0.2) is 25.3 Å². The Kier molecular flexibility index (Phi) is 4.28. The van der Waals surface area contributed by atoms with Crippen LogP contribution in [0.15, 0.2) is 18.2 Å². The van der Waals surface area contributed by atoms with Crippen molar-refractivity contribution in [3.05, 3.63) is 23.2 Å². The largest absolute Gasteiger partial charge is 0.493 e. The van der Waals surface area contributed by atoms with Gasteiger partial charge in [0.2, 0.25) is 5.78 Å². The summed E-state index contributed by atoms with van der Waals surface area (Å²) in [4.78, 5) is 22.3. The summed E-state index contributed by atoms with van der Waals surface area (Å²) in [6, 6.07) is 4.82. The standard InChI is InChI=1S/C10H11ClN2O3/c1-16-9-6(11)3-2-4-7(9)13-10(15)8(14)5-12/h2-4H,5,12H2,1H3,(H,13,15). The number of rotatable bonds is 4. The van der Waals surface area contributed by atoms with Crippen molar-refractivity contribution >= 4 is 29.0 Å². The molecule has 1 rings (SSSR count). The van der Waals surface area contributed by atoms with Gasteiger partial charge in [0.05, 0.1) is 24.4 Å². The smallest absolute Gasteiger partial charge is 0.293 e. The van der Waals surface area contributed by atoms with E-state index in [2.05, 4.69) is 5.32 Å². The first-order chi connectivity index (χ1) is 7.60. The second kappa shape index (κ2) is 5.48. The number of ketones is 1. The molecule has 6 heteroatoms. The first-order valence-electron chi connectivity index (χ1n) is 4.47. The molecule has 0 aliphatic rings. The lowest BCUT2D eigenvalue weighted by atomic mass is 10.2. The van der Waals surface area contributed by atoms with Crippen LogP contribution in [0, 0.1) is 0 Å². The molecule has 5 nitrogen and oxygen atoms in total. The summed E-state index contributed by atoms with van der Waals surface area (Å²) < 4.78 is 5.00. The van der Waals surface area contributed by atoms with Gasteiger partial charge < -0.3 is 15.8 Å². The third kappa shape index (κ3) is 2.71. The lowest BCUT2D eigenvalue weighted by Crippen LogP contribution is -2.29. The van der Waals surface area contributed by atoms with Crippen LogP contribution in [0.4, 0.5) is 5.69 Å². The van der Waals surface area contributed by atoms with Crippen molar-refractivity contribution in [1.29, 1.82) is 0 Å². The van der Waals surface area contributed by atoms with Crippen molar-refractivity contribution in [3.8, 4) is 5.75 Å². The highest BCUT2D eigenvalue weighted by Crippen LogP contribution is 2.32. The predicted octanol–water partition coefficient (Wildman–Crippen LogP) is 0.815. The van der Waals surface area contributed by atoms with E-state index >= 15 is 0 Å². The highest BCUT2D eigenvalue weighted by Gasteiger charge is 2.15. The lowest BCUT2D eigenvalue weighted by Gasteiger charge is -2.10. The molecule has 0 aliphatic carbocycles. The van der Waals surface area contributed by atoms with E-state index in [1.54, 1.807) is 18.2 Å². The van der Waals surface area contributed by atoms with Gasteiger partial charge in [-0.1, -0.05) is 17.7 Å². The van der Waals surface area contributed by atoms with Crippen molar-refractivity contribution in [2.45, 2.75) is 0 Å². The molecule has 0 radical (unpaired) electrons. The van der Waals surface area contributed by atoms with Gasteiger partial charge in [0.15, 0.2) is 5.75 Å². The normalized spacial score (nSPS) is 9.69. The molecule has 0 aliphatic heterocycles. The van der Waals surface area contributed by atoms with Gasteiger partial charge in [-0.25, -0.2) is 0 Å². The quantitative estimate of drug-likeness (QED) is 0.766. The number of nitrogens with two attached hydrogens (primary N) is 1. The third-order valence-corrected chi connectivity index (χ3v) is 2.16. The molecule has 0 spiro atoms. The molecule has 0 saturated heterocycles. The Hall–Kier alpha value is -1.59. The lowest BCUT2D eigenvalue weighted by molar-refractivity contribution is -0.133. The minimum absolute atomic E-state index is 0.308. The monoisotopic (exact) mass is 242 g/mol. The number of Topliss-reactive ketones (excluding diaryl/α,β-unsaturated/α-hetero) is 1. The Morgan fingerprint density at radius 3 is 2.75 bits per heavy atom. The van der Waals surface area contributed by atoms with E-state index in [4.69, 9.17) is 22.1 Å². The van der Waals surface area contributed by atoms with Crippen molar-refractivity contribution in [2.24, 2.45) is 5.73 Å². The average Bonchev–Trinajstić information content (AvgIpc) is 2.28. The fourth-order valence-corrected chi connectivity index (χ4v) is 1.35. The zero-order chi connectivity index (χ0) is 12.1. The average molecular weight is 243 g/mol. The fraction of sp³-hybridized carbons (Fsp3) is 0.200. The minimum Gasteiger partial charge on any atom is -0.493 e. The van der Waals surface area contributed by atoms with Crippen molar-refractivity contribution in [2.75, 3.05) is 19.0 Å². The topological polar surface area (TPSA) is 81.4 Å². The molecular weight excluding hydrogens is 232 g/mol. The number of hydrogen-bond donors (Lipinski definition) is 2. The van der Waals surface area contributed by atoms with Gasteiger partial charge >= 0.3 is 0 Å². The zero-order valence-corrected chi connectivity index (χ0v) is 9.38. The van der Waals surface area contributed by atoms with Gasteiger partial charge in [-0.3, -0.25) is 9.59 Å². The van der Waals surface area contributed by atoms with Crippen LogP contribution < -0.4 is 15.8 Å². The number of hydrogen-bond acceptors (Lipinski definition) is 4. The first-order valence-corrected chi connectivity index (χ1v) is 4.84. The van der Waals surface area contributed by atoms with Crippen molar-refractivity contribution in [3.63, 3.8) is 0 Å². The van der Waals surface area contributed by atoms with Gasteiger partial charge in [0.25, 0.3) is 5.91 Å². The molecule has 1 aromatic carbocycles. The number of carbonyl (C=O) groups is 2. The van der Waals surface area contributed by atoms with Gasteiger partial charge in [-0.05, 0) is 12.1 Å². The molecule has 0 heterocycles. The summed E-state index contributed by atoms with van der Waals surface area (Å²) >= 11 is 5.84. The fourth-order valence-electron chi connectivity index (χ4n) is 1.10. The molecule has 0 bridgehead atoms. The number of methoxy groups -OCH3 is 1. The second-order valence-electron chi connectivity index (χ2n) is 2.90. The number of para-hydroxylation sites is 1. The van der Waals surface area contributed by atoms with Crippen LogP contribution in [0.2, 0.25) is 5.02 Å². The van der Waals surface area contributed by atoms with Crippen molar-refractivity contribution < 1.29 is 14.3 Å². The van der Waals surface area contributed by atoms with Gasteiger partial charge in [-0.15, -0.1) is 0 Å². The van der Waals surface area contributed by atoms with E-state index in [9.17, 15) is 9.59 Å².